The van der Waals surface area contributed by atoms with Gasteiger partial charge >= 0.3 is 6.18 Å². The van der Waals surface area contributed by atoms with Crippen LogP contribution in [-0.2, 0) is 0 Å². The summed E-state index contributed by atoms with van der Waals surface area (Å²) in [6, 6.07) is 0. The third-order valence-corrected chi connectivity index (χ3v) is 5.70. The summed E-state index contributed by atoms with van der Waals surface area (Å²) in [6.07, 6.45) is -4.09. The van der Waals surface area contributed by atoms with Crippen molar-refractivity contribution in [2.45, 2.75) is 33.9 Å². The Labute approximate surface area is 113 Å². The molecule has 1 saturated carbocycles. The average Bonchev–Trinajstić information content (AvgIpc) is 2.77. The number of hydrogen-bond acceptors (Lipinski definition) is 2. The highest BCUT2D eigenvalue weighted by atomic mass is 19.4. The molecule has 5 heteroatoms. The average molecular weight is 278 g/mol. The molecule has 1 heterocycles. The van der Waals surface area contributed by atoms with Crippen LogP contribution >= 0.6 is 0 Å². The zero-order chi connectivity index (χ0) is 14.5. The fourth-order valence-electron chi connectivity index (χ4n) is 3.41. The fraction of sp³-hybridized carbons (Fsp3) is 1.00. The summed E-state index contributed by atoms with van der Waals surface area (Å²) in [4.78, 5) is 2.00. The van der Waals surface area contributed by atoms with Gasteiger partial charge in [0, 0.05) is 32.7 Å². The van der Waals surface area contributed by atoms with Gasteiger partial charge in [0.05, 0.1) is 5.92 Å². The van der Waals surface area contributed by atoms with Gasteiger partial charge in [-0.25, -0.2) is 0 Å². The first-order valence-electron chi connectivity index (χ1n) is 7.06. The second-order valence-electron chi connectivity index (χ2n) is 7.20. The summed E-state index contributed by atoms with van der Waals surface area (Å²) in [5, 5.41) is 2.91. The highest BCUT2D eigenvalue weighted by Gasteiger charge is 2.64. The van der Waals surface area contributed by atoms with E-state index in [-0.39, 0.29) is 23.9 Å². The normalized spacial score (nSPS) is 32.1. The summed E-state index contributed by atoms with van der Waals surface area (Å²) in [5.41, 5.74) is 0.473. The maximum absolute atomic E-state index is 12.9. The Kier molecular flexibility index (Phi) is 3.67. The van der Waals surface area contributed by atoms with Crippen molar-refractivity contribution in [2.24, 2.45) is 22.7 Å². The molecular formula is C14H25F3N2. The molecular weight excluding hydrogens is 253 g/mol. The van der Waals surface area contributed by atoms with E-state index in [9.17, 15) is 13.2 Å². The highest BCUT2D eigenvalue weighted by Crippen LogP contribution is 2.68. The molecule has 1 atom stereocenters. The predicted octanol–water partition coefficient (Wildman–Crippen LogP) is 2.75. The summed E-state index contributed by atoms with van der Waals surface area (Å²) in [6.45, 7) is 11.2. The molecule has 1 N–H and O–H groups in total. The van der Waals surface area contributed by atoms with Gasteiger partial charge in [0.1, 0.15) is 0 Å². The molecule has 2 nitrogen and oxygen atoms in total. The number of alkyl halides is 3. The number of hydrogen-bond donors (Lipinski definition) is 1. The van der Waals surface area contributed by atoms with Crippen LogP contribution in [0, 0.1) is 22.7 Å². The minimum Gasteiger partial charge on any atom is -0.315 e. The summed E-state index contributed by atoms with van der Waals surface area (Å²) < 4.78 is 38.7. The van der Waals surface area contributed by atoms with Crippen molar-refractivity contribution in [1.82, 2.24) is 10.2 Å². The van der Waals surface area contributed by atoms with Crippen LogP contribution in [0.4, 0.5) is 13.2 Å². The Morgan fingerprint density at radius 1 is 1.16 bits per heavy atom. The van der Waals surface area contributed by atoms with Gasteiger partial charge in [-0.05, 0) is 16.7 Å². The van der Waals surface area contributed by atoms with Gasteiger partial charge < -0.3 is 10.2 Å². The van der Waals surface area contributed by atoms with E-state index < -0.39 is 12.1 Å². The molecule has 1 aliphatic carbocycles. The molecule has 112 valence electrons. The Morgan fingerprint density at radius 3 is 2.21 bits per heavy atom. The van der Waals surface area contributed by atoms with Crippen molar-refractivity contribution >= 4 is 0 Å². The third-order valence-electron chi connectivity index (χ3n) is 5.70. The summed E-state index contributed by atoms with van der Waals surface area (Å²) >= 11 is 0. The van der Waals surface area contributed by atoms with Crippen LogP contribution in [0.1, 0.15) is 27.7 Å². The lowest BCUT2D eigenvalue weighted by atomic mass is 10.0. The Bertz CT molecular complexity index is 322. The van der Waals surface area contributed by atoms with Crippen molar-refractivity contribution in [3.8, 4) is 0 Å². The maximum atomic E-state index is 12.9. The lowest BCUT2D eigenvalue weighted by Gasteiger charge is -2.26. The molecule has 1 aliphatic heterocycles. The molecule has 2 aliphatic rings. The minimum atomic E-state index is -4.09. The first kappa shape index (κ1) is 15.1. The first-order chi connectivity index (χ1) is 8.57. The van der Waals surface area contributed by atoms with Gasteiger partial charge in [-0.15, -0.1) is 0 Å². The van der Waals surface area contributed by atoms with E-state index in [2.05, 4.69) is 33.0 Å². The molecule has 2 rings (SSSR count). The second-order valence-corrected chi connectivity index (χ2v) is 7.20. The van der Waals surface area contributed by atoms with E-state index in [1.165, 1.54) is 0 Å². The summed E-state index contributed by atoms with van der Waals surface area (Å²) in [5.74, 6) is -0.744. The number of nitrogens with zero attached hydrogens (tertiary/aromatic N) is 1. The highest BCUT2D eigenvalue weighted by molar-refractivity contribution is 5.13. The Balaban J connectivity index is 1.97. The van der Waals surface area contributed by atoms with Crippen molar-refractivity contribution < 1.29 is 13.2 Å². The third kappa shape index (κ3) is 2.77. The van der Waals surface area contributed by atoms with Gasteiger partial charge in [0.2, 0.25) is 0 Å². The topological polar surface area (TPSA) is 15.3 Å². The van der Waals surface area contributed by atoms with Crippen molar-refractivity contribution in [3.05, 3.63) is 0 Å². The first-order valence-corrected chi connectivity index (χ1v) is 7.06. The molecule has 0 spiro atoms. The monoisotopic (exact) mass is 278 g/mol. The van der Waals surface area contributed by atoms with E-state index >= 15 is 0 Å². The number of rotatable bonds is 2. The molecule has 0 aromatic carbocycles. The van der Waals surface area contributed by atoms with E-state index in [1.54, 1.807) is 0 Å². The molecule has 1 unspecified atom stereocenters. The predicted molar refractivity (Wildman–Crippen MR) is 69.9 cm³/mol. The molecule has 1 saturated heterocycles. The van der Waals surface area contributed by atoms with E-state index in [1.807, 2.05) is 4.90 Å². The van der Waals surface area contributed by atoms with Gasteiger partial charge in [-0.1, -0.05) is 27.7 Å². The van der Waals surface area contributed by atoms with Gasteiger partial charge in [0.15, 0.2) is 0 Å². The Hall–Kier alpha value is -0.290. The smallest absolute Gasteiger partial charge is 0.315 e. The zero-order valence-corrected chi connectivity index (χ0v) is 12.3. The van der Waals surface area contributed by atoms with Crippen molar-refractivity contribution in [2.75, 3.05) is 32.7 Å². The van der Waals surface area contributed by atoms with Crippen LogP contribution in [0.15, 0.2) is 0 Å². The lowest BCUT2D eigenvalue weighted by molar-refractivity contribution is -0.176. The van der Waals surface area contributed by atoms with Gasteiger partial charge in [0.25, 0.3) is 0 Å². The second kappa shape index (κ2) is 4.62. The van der Waals surface area contributed by atoms with Gasteiger partial charge in [-0.3, -0.25) is 0 Å². The minimum absolute atomic E-state index is 0.0530. The molecule has 2 fully saturated rings. The van der Waals surface area contributed by atoms with Crippen LogP contribution in [0.5, 0.6) is 0 Å². The van der Waals surface area contributed by atoms with E-state index in [0.29, 0.717) is 12.5 Å². The molecule has 0 radical (unpaired) electrons. The van der Waals surface area contributed by atoms with Gasteiger partial charge in [-0.2, -0.15) is 13.2 Å². The van der Waals surface area contributed by atoms with E-state index in [4.69, 9.17) is 0 Å². The fourth-order valence-corrected chi connectivity index (χ4v) is 3.41. The van der Waals surface area contributed by atoms with Crippen molar-refractivity contribution in [1.29, 1.82) is 0 Å². The van der Waals surface area contributed by atoms with Crippen molar-refractivity contribution in [3.63, 3.8) is 0 Å². The molecule has 0 amide bonds. The lowest BCUT2D eigenvalue weighted by Crippen LogP contribution is -2.39. The largest absolute Gasteiger partial charge is 0.394 e. The van der Waals surface area contributed by atoms with Crippen LogP contribution < -0.4 is 5.32 Å². The Morgan fingerprint density at radius 2 is 1.74 bits per heavy atom. The van der Waals surface area contributed by atoms with Crippen LogP contribution in [0.2, 0.25) is 0 Å². The number of halogens is 3. The molecule has 0 aromatic heterocycles. The van der Waals surface area contributed by atoms with Crippen LogP contribution in [0.25, 0.3) is 0 Å². The molecule has 0 aromatic rings. The zero-order valence-electron chi connectivity index (χ0n) is 12.3. The molecule has 19 heavy (non-hydrogen) atoms. The maximum Gasteiger partial charge on any atom is 0.394 e. The van der Waals surface area contributed by atoms with Crippen LogP contribution in [0.3, 0.4) is 0 Å². The standard InChI is InChI=1S/C14H25F3N2/c1-12(2)11(13(12,3)4)9-19-6-5-18-7-10(8-19)14(15,16)17/h10-11,18H,5-9H2,1-4H3. The SMILES string of the molecule is CC1(C)C(CN2CCNCC(C(F)(F)F)C2)C1(C)C. The van der Waals surface area contributed by atoms with Crippen LogP contribution in [-0.4, -0.2) is 43.8 Å². The quantitative estimate of drug-likeness (QED) is 0.835. The number of nitrogens with one attached hydrogen (secondary N) is 1. The molecule has 0 bridgehead atoms. The summed E-state index contributed by atoms with van der Waals surface area (Å²) in [7, 11) is 0. The van der Waals surface area contributed by atoms with E-state index in [0.717, 1.165) is 13.1 Å².